The summed E-state index contributed by atoms with van der Waals surface area (Å²) < 4.78 is 5.35. The van der Waals surface area contributed by atoms with Gasteiger partial charge in [-0.2, -0.15) is 0 Å². The smallest absolute Gasteiger partial charge is 0.313 e. The van der Waals surface area contributed by atoms with Crippen molar-refractivity contribution in [1.82, 2.24) is 5.32 Å². The summed E-state index contributed by atoms with van der Waals surface area (Å²) in [6, 6.07) is 17.9. The Bertz CT molecular complexity index is 903. The maximum Gasteiger partial charge on any atom is 0.313 e. The SMILES string of the molecule is C=C1C[C@@H]2COC(=O)C2(Cc2ccc(C(=O)NCCCc3ccccc3)cc2)C1. The molecule has 4 nitrogen and oxygen atoms in total. The number of benzene rings is 2. The van der Waals surface area contributed by atoms with E-state index in [0.29, 0.717) is 31.6 Å². The van der Waals surface area contributed by atoms with E-state index in [9.17, 15) is 9.59 Å². The Hall–Kier alpha value is -2.88. The number of esters is 1. The van der Waals surface area contributed by atoms with Gasteiger partial charge in [0.1, 0.15) is 0 Å². The van der Waals surface area contributed by atoms with Crippen molar-refractivity contribution in [2.45, 2.75) is 32.1 Å². The minimum atomic E-state index is -0.460. The molecule has 1 heterocycles. The lowest BCUT2D eigenvalue weighted by molar-refractivity contribution is -0.146. The van der Waals surface area contributed by atoms with E-state index < -0.39 is 5.41 Å². The number of carbonyl (C=O) groups is 2. The van der Waals surface area contributed by atoms with Gasteiger partial charge in [0.2, 0.25) is 0 Å². The third-order valence-corrected chi connectivity index (χ3v) is 6.21. The normalized spacial score (nSPS) is 23.0. The van der Waals surface area contributed by atoms with Gasteiger partial charge in [-0.05, 0) is 55.4 Å². The van der Waals surface area contributed by atoms with E-state index in [1.807, 2.05) is 42.5 Å². The Morgan fingerprint density at radius 3 is 2.62 bits per heavy atom. The van der Waals surface area contributed by atoms with Crippen LogP contribution in [-0.2, 0) is 22.4 Å². The number of rotatable bonds is 7. The van der Waals surface area contributed by atoms with Gasteiger partial charge in [-0.1, -0.05) is 54.6 Å². The fourth-order valence-electron chi connectivity index (χ4n) is 4.64. The van der Waals surface area contributed by atoms with Crippen molar-refractivity contribution in [2.75, 3.05) is 13.2 Å². The van der Waals surface area contributed by atoms with E-state index in [1.54, 1.807) is 0 Å². The van der Waals surface area contributed by atoms with Gasteiger partial charge in [-0.15, -0.1) is 0 Å². The van der Waals surface area contributed by atoms with Crippen LogP contribution in [0.15, 0.2) is 66.7 Å². The highest BCUT2D eigenvalue weighted by Gasteiger charge is 2.55. The number of cyclic esters (lactones) is 1. The number of aryl methyl sites for hydroxylation is 1. The van der Waals surface area contributed by atoms with E-state index in [0.717, 1.165) is 30.4 Å². The number of allylic oxidation sites excluding steroid dienone is 1. The van der Waals surface area contributed by atoms with Crippen molar-refractivity contribution >= 4 is 11.9 Å². The van der Waals surface area contributed by atoms with Crippen molar-refractivity contribution in [3.8, 4) is 0 Å². The number of hydrogen-bond donors (Lipinski definition) is 1. The van der Waals surface area contributed by atoms with Crippen LogP contribution in [0, 0.1) is 11.3 Å². The van der Waals surface area contributed by atoms with Crippen LogP contribution < -0.4 is 5.32 Å². The molecule has 2 atom stereocenters. The van der Waals surface area contributed by atoms with Crippen LogP contribution in [0.1, 0.15) is 40.7 Å². The van der Waals surface area contributed by atoms with Gasteiger partial charge >= 0.3 is 5.97 Å². The highest BCUT2D eigenvalue weighted by Crippen LogP contribution is 2.52. The Balaban J connectivity index is 1.31. The molecule has 2 aromatic carbocycles. The molecule has 1 aliphatic heterocycles. The van der Waals surface area contributed by atoms with E-state index in [4.69, 9.17) is 4.74 Å². The zero-order chi connectivity index (χ0) is 20.3. The van der Waals surface area contributed by atoms with Crippen LogP contribution in [-0.4, -0.2) is 25.0 Å². The highest BCUT2D eigenvalue weighted by molar-refractivity contribution is 5.94. The second-order valence-electron chi connectivity index (χ2n) is 8.30. The lowest BCUT2D eigenvalue weighted by atomic mass is 9.75. The molecule has 1 saturated carbocycles. The number of carbonyl (C=O) groups excluding carboxylic acids is 2. The molecule has 2 fully saturated rings. The van der Waals surface area contributed by atoms with Gasteiger partial charge in [0.05, 0.1) is 12.0 Å². The van der Waals surface area contributed by atoms with Crippen LogP contribution in [0.3, 0.4) is 0 Å². The fraction of sp³-hybridized carbons (Fsp3) is 0.360. The Labute approximate surface area is 172 Å². The highest BCUT2D eigenvalue weighted by atomic mass is 16.5. The summed E-state index contributed by atoms with van der Waals surface area (Å²) in [5.41, 5.74) is 3.66. The first-order valence-electron chi connectivity index (χ1n) is 10.3. The van der Waals surface area contributed by atoms with Crippen molar-refractivity contribution < 1.29 is 14.3 Å². The Kier molecular flexibility index (Phi) is 5.52. The maximum atomic E-state index is 12.4. The summed E-state index contributed by atoms with van der Waals surface area (Å²) >= 11 is 0. The van der Waals surface area contributed by atoms with Crippen molar-refractivity contribution in [3.05, 3.63) is 83.4 Å². The maximum absolute atomic E-state index is 12.4. The molecule has 0 radical (unpaired) electrons. The molecule has 1 amide bonds. The van der Waals surface area contributed by atoms with E-state index >= 15 is 0 Å². The molecule has 150 valence electrons. The molecule has 0 bridgehead atoms. The van der Waals surface area contributed by atoms with Crippen molar-refractivity contribution in [3.63, 3.8) is 0 Å². The molecule has 1 saturated heterocycles. The summed E-state index contributed by atoms with van der Waals surface area (Å²) in [6.45, 7) is 5.24. The molecule has 4 heteroatoms. The molecular formula is C25H27NO3. The second-order valence-corrected chi connectivity index (χ2v) is 8.30. The first kappa shape index (κ1) is 19.4. The third-order valence-electron chi connectivity index (χ3n) is 6.21. The predicted molar refractivity (Wildman–Crippen MR) is 112 cm³/mol. The molecule has 0 spiro atoms. The van der Waals surface area contributed by atoms with E-state index in [1.165, 1.54) is 5.56 Å². The zero-order valence-corrected chi connectivity index (χ0v) is 16.7. The first-order valence-corrected chi connectivity index (χ1v) is 10.3. The van der Waals surface area contributed by atoms with Gasteiger partial charge in [0.25, 0.3) is 5.91 Å². The van der Waals surface area contributed by atoms with Gasteiger partial charge in [-0.25, -0.2) is 0 Å². The number of amides is 1. The molecule has 0 aromatic heterocycles. The molecular weight excluding hydrogens is 362 g/mol. The predicted octanol–water partition coefficient (Wildman–Crippen LogP) is 4.10. The standard InChI is InChI=1S/C25H27NO3/c1-18-14-22-17-29-24(28)25(22,15-18)16-20-9-11-21(12-10-20)23(27)26-13-5-8-19-6-3-2-4-7-19/h2-4,6-7,9-12,22H,1,5,8,13-17H2,(H,26,27)/t22-,25?/m1/s1. The number of nitrogens with one attached hydrogen (secondary N) is 1. The molecule has 1 N–H and O–H groups in total. The van der Waals surface area contributed by atoms with Gasteiger partial charge in [0, 0.05) is 18.0 Å². The van der Waals surface area contributed by atoms with Gasteiger partial charge < -0.3 is 10.1 Å². The van der Waals surface area contributed by atoms with Crippen LogP contribution in [0.4, 0.5) is 0 Å². The molecule has 2 aromatic rings. The van der Waals surface area contributed by atoms with Crippen LogP contribution in [0.25, 0.3) is 0 Å². The minimum Gasteiger partial charge on any atom is -0.465 e. The van der Waals surface area contributed by atoms with Crippen LogP contribution in [0.2, 0.25) is 0 Å². The monoisotopic (exact) mass is 389 g/mol. The second kappa shape index (κ2) is 8.24. The number of fused-ring (bicyclic) bond motifs is 1. The lowest BCUT2D eigenvalue weighted by Crippen LogP contribution is -2.31. The zero-order valence-electron chi connectivity index (χ0n) is 16.7. The fourth-order valence-corrected chi connectivity index (χ4v) is 4.64. The largest absolute Gasteiger partial charge is 0.465 e. The molecule has 4 rings (SSSR count). The first-order chi connectivity index (χ1) is 14.1. The summed E-state index contributed by atoms with van der Waals surface area (Å²) in [7, 11) is 0. The topological polar surface area (TPSA) is 55.4 Å². The minimum absolute atomic E-state index is 0.0600. The Morgan fingerprint density at radius 1 is 1.10 bits per heavy atom. The molecule has 1 aliphatic carbocycles. The Morgan fingerprint density at radius 2 is 1.86 bits per heavy atom. The van der Waals surface area contributed by atoms with Gasteiger partial charge in [0.15, 0.2) is 0 Å². The summed E-state index contributed by atoms with van der Waals surface area (Å²) in [6.07, 6.45) is 4.08. The van der Waals surface area contributed by atoms with Crippen molar-refractivity contribution in [2.24, 2.45) is 11.3 Å². The number of ether oxygens (including phenoxy) is 1. The average Bonchev–Trinajstić information content (AvgIpc) is 3.20. The van der Waals surface area contributed by atoms with Crippen LogP contribution >= 0.6 is 0 Å². The quantitative estimate of drug-likeness (QED) is 0.441. The van der Waals surface area contributed by atoms with Crippen LogP contribution in [0.5, 0.6) is 0 Å². The summed E-state index contributed by atoms with van der Waals surface area (Å²) in [5, 5.41) is 2.99. The van der Waals surface area contributed by atoms with Gasteiger partial charge in [-0.3, -0.25) is 9.59 Å². The average molecular weight is 389 g/mol. The lowest BCUT2D eigenvalue weighted by Gasteiger charge is -2.24. The third kappa shape index (κ3) is 4.12. The molecule has 1 unspecified atom stereocenters. The summed E-state index contributed by atoms with van der Waals surface area (Å²) in [5.74, 6) is 0.0756. The number of hydrogen-bond acceptors (Lipinski definition) is 3. The molecule has 29 heavy (non-hydrogen) atoms. The van der Waals surface area contributed by atoms with Crippen molar-refractivity contribution in [1.29, 1.82) is 0 Å². The molecule has 2 aliphatic rings. The van der Waals surface area contributed by atoms with E-state index in [-0.39, 0.29) is 17.8 Å². The summed E-state index contributed by atoms with van der Waals surface area (Å²) in [4.78, 5) is 24.8. The van der Waals surface area contributed by atoms with E-state index in [2.05, 4.69) is 24.0 Å².